The highest BCUT2D eigenvalue weighted by atomic mass is 15.1. The molecular formula is C12H22N2. The molecule has 0 unspecified atom stereocenters. The van der Waals surface area contributed by atoms with E-state index in [1.54, 1.807) is 0 Å². The van der Waals surface area contributed by atoms with Crippen molar-refractivity contribution in [2.24, 2.45) is 0 Å². The van der Waals surface area contributed by atoms with Gasteiger partial charge in [0.05, 0.1) is 0 Å². The summed E-state index contributed by atoms with van der Waals surface area (Å²) in [4.78, 5) is 5.05. The molecule has 0 aromatic carbocycles. The third-order valence-electron chi connectivity index (χ3n) is 3.22. The quantitative estimate of drug-likeness (QED) is 0.678. The molecule has 0 N–H and O–H groups in total. The molecule has 2 rings (SSSR count). The van der Waals surface area contributed by atoms with Gasteiger partial charge < -0.3 is 4.90 Å². The fraction of sp³-hybridized carbons (Fsp3) is 0.833. The molecule has 0 spiro atoms. The van der Waals surface area contributed by atoms with Gasteiger partial charge in [0.25, 0.3) is 0 Å². The average Bonchev–Trinajstić information content (AvgIpc) is 2.76. The lowest BCUT2D eigenvalue weighted by Crippen LogP contribution is -2.22. The molecule has 0 saturated carbocycles. The van der Waals surface area contributed by atoms with Crippen molar-refractivity contribution in [2.45, 2.75) is 32.6 Å². The minimum Gasteiger partial charge on any atom is -0.377 e. The van der Waals surface area contributed by atoms with E-state index in [4.69, 9.17) is 0 Å². The second-order valence-electron chi connectivity index (χ2n) is 4.70. The second-order valence-corrected chi connectivity index (χ2v) is 4.70. The van der Waals surface area contributed by atoms with Crippen molar-refractivity contribution in [1.29, 1.82) is 0 Å². The van der Waals surface area contributed by atoms with Crippen LogP contribution < -0.4 is 0 Å². The topological polar surface area (TPSA) is 6.48 Å². The van der Waals surface area contributed by atoms with Crippen molar-refractivity contribution >= 4 is 0 Å². The summed E-state index contributed by atoms with van der Waals surface area (Å²) in [5, 5.41) is 0. The largest absolute Gasteiger partial charge is 0.377 e. The van der Waals surface area contributed by atoms with Gasteiger partial charge in [-0.05, 0) is 57.5 Å². The predicted molar refractivity (Wildman–Crippen MR) is 60.2 cm³/mol. The molecule has 2 nitrogen and oxygen atoms in total. The fourth-order valence-electron chi connectivity index (χ4n) is 2.52. The molecule has 2 saturated heterocycles. The van der Waals surface area contributed by atoms with E-state index in [9.17, 15) is 0 Å². The zero-order valence-corrected chi connectivity index (χ0v) is 9.34. The van der Waals surface area contributed by atoms with Crippen LogP contribution in [-0.2, 0) is 0 Å². The smallest absolute Gasteiger partial charge is 0.0207 e. The van der Waals surface area contributed by atoms with Crippen molar-refractivity contribution in [3.63, 3.8) is 0 Å². The van der Waals surface area contributed by atoms with Gasteiger partial charge in [0.15, 0.2) is 0 Å². The van der Waals surface area contributed by atoms with Crippen LogP contribution in [0.4, 0.5) is 0 Å². The summed E-state index contributed by atoms with van der Waals surface area (Å²) < 4.78 is 0. The van der Waals surface area contributed by atoms with E-state index in [-0.39, 0.29) is 0 Å². The van der Waals surface area contributed by atoms with Gasteiger partial charge in [-0.2, -0.15) is 0 Å². The molecule has 0 aromatic rings. The van der Waals surface area contributed by atoms with Crippen molar-refractivity contribution in [3.05, 3.63) is 11.8 Å². The van der Waals surface area contributed by atoms with Crippen molar-refractivity contribution < 1.29 is 0 Å². The average molecular weight is 194 g/mol. The van der Waals surface area contributed by atoms with Crippen LogP contribution in [0.3, 0.4) is 0 Å². The van der Waals surface area contributed by atoms with Crippen LogP contribution in [0.2, 0.25) is 0 Å². The van der Waals surface area contributed by atoms with Gasteiger partial charge in [-0.15, -0.1) is 0 Å². The summed E-state index contributed by atoms with van der Waals surface area (Å²) in [6, 6.07) is 0. The molecule has 2 fully saturated rings. The summed E-state index contributed by atoms with van der Waals surface area (Å²) in [6.07, 6.45) is 7.94. The molecular weight excluding hydrogens is 172 g/mol. The Kier molecular flexibility index (Phi) is 3.46. The molecule has 2 aliphatic rings. The van der Waals surface area contributed by atoms with E-state index in [1.807, 2.05) is 0 Å². The first-order valence-corrected chi connectivity index (χ1v) is 5.98. The summed E-state index contributed by atoms with van der Waals surface area (Å²) in [5.74, 6) is 0. The van der Waals surface area contributed by atoms with Crippen LogP contribution in [0.1, 0.15) is 32.6 Å². The Balaban J connectivity index is 1.77. The van der Waals surface area contributed by atoms with Crippen molar-refractivity contribution in [2.75, 3.05) is 32.7 Å². The van der Waals surface area contributed by atoms with Gasteiger partial charge >= 0.3 is 0 Å². The number of nitrogens with zero attached hydrogens (tertiary/aromatic N) is 2. The van der Waals surface area contributed by atoms with E-state index in [1.165, 1.54) is 64.0 Å². The maximum Gasteiger partial charge on any atom is 0.0207 e. The molecule has 0 amide bonds. The zero-order chi connectivity index (χ0) is 9.80. The summed E-state index contributed by atoms with van der Waals surface area (Å²) >= 11 is 0. The lowest BCUT2D eigenvalue weighted by Gasteiger charge is -2.18. The van der Waals surface area contributed by atoms with Gasteiger partial charge in [0, 0.05) is 19.6 Å². The molecule has 80 valence electrons. The molecule has 2 aliphatic heterocycles. The minimum atomic E-state index is 1.19. The maximum atomic E-state index is 2.57. The normalized spacial score (nSPS) is 24.9. The van der Waals surface area contributed by atoms with E-state index < -0.39 is 0 Å². The monoisotopic (exact) mass is 194 g/mol. The Labute approximate surface area is 87.6 Å². The highest BCUT2D eigenvalue weighted by Crippen LogP contribution is 2.13. The lowest BCUT2D eigenvalue weighted by atomic mass is 10.3. The van der Waals surface area contributed by atoms with Crippen LogP contribution >= 0.6 is 0 Å². The maximum absolute atomic E-state index is 2.57. The van der Waals surface area contributed by atoms with Gasteiger partial charge in [-0.1, -0.05) is 0 Å². The zero-order valence-electron chi connectivity index (χ0n) is 9.34. The van der Waals surface area contributed by atoms with Crippen LogP contribution in [-0.4, -0.2) is 42.5 Å². The summed E-state index contributed by atoms with van der Waals surface area (Å²) in [7, 11) is 0. The highest BCUT2D eigenvalue weighted by molar-refractivity contribution is 5.01. The molecule has 0 bridgehead atoms. The number of hydrogen-bond acceptors (Lipinski definition) is 2. The van der Waals surface area contributed by atoms with Crippen molar-refractivity contribution in [3.8, 4) is 0 Å². The number of rotatable bonds is 3. The molecule has 2 heterocycles. The molecule has 0 aliphatic carbocycles. The van der Waals surface area contributed by atoms with Crippen LogP contribution in [0.15, 0.2) is 11.8 Å². The Morgan fingerprint density at radius 2 is 1.57 bits per heavy atom. The Bertz CT molecular complexity index is 198. The van der Waals surface area contributed by atoms with E-state index in [2.05, 4.69) is 22.9 Å². The van der Waals surface area contributed by atoms with Gasteiger partial charge in [-0.3, -0.25) is 4.90 Å². The van der Waals surface area contributed by atoms with E-state index in [0.29, 0.717) is 0 Å². The molecule has 0 aromatic heterocycles. The summed E-state index contributed by atoms with van der Waals surface area (Å²) in [6.45, 7) is 8.64. The van der Waals surface area contributed by atoms with Gasteiger partial charge in [0.1, 0.15) is 0 Å². The molecule has 2 heteroatoms. The predicted octanol–water partition coefficient (Wildman–Crippen LogP) is 2.08. The van der Waals surface area contributed by atoms with E-state index >= 15 is 0 Å². The Morgan fingerprint density at radius 3 is 2.21 bits per heavy atom. The standard InChI is InChI=1S/C12H22N2/c1-12(10-13-6-2-3-7-13)11-14-8-4-5-9-14/h10H,2-9,11H2,1H3/b12-10+. The SMILES string of the molecule is C/C(=C\N1CCCC1)CN1CCCC1. The number of likely N-dealkylation sites (tertiary alicyclic amines) is 2. The first-order chi connectivity index (χ1) is 6.84. The lowest BCUT2D eigenvalue weighted by molar-refractivity contribution is 0.363. The second kappa shape index (κ2) is 4.83. The Morgan fingerprint density at radius 1 is 1.00 bits per heavy atom. The first-order valence-electron chi connectivity index (χ1n) is 5.98. The van der Waals surface area contributed by atoms with Crippen LogP contribution in [0.5, 0.6) is 0 Å². The van der Waals surface area contributed by atoms with Crippen LogP contribution in [0, 0.1) is 0 Å². The van der Waals surface area contributed by atoms with Gasteiger partial charge in [0.2, 0.25) is 0 Å². The summed E-state index contributed by atoms with van der Waals surface area (Å²) in [5.41, 5.74) is 1.54. The molecule has 14 heavy (non-hydrogen) atoms. The first kappa shape index (κ1) is 10.0. The van der Waals surface area contributed by atoms with E-state index in [0.717, 1.165) is 0 Å². The minimum absolute atomic E-state index is 1.19. The molecule has 0 atom stereocenters. The third-order valence-corrected chi connectivity index (χ3v) is 3.22. The van der Waals surface area contributed by atoms with Gasteiger partial charge in [-0.25, -0.2) is 0 Å². The highest BCUT2D eigenvalue weighted by Gasteiger charge is 2.12. The molecule has 0 radical (unpaired) electrons. The number of hydrogen-bond donors (Lipinski definition) is 0. The third kappa shape index (κ3) is 2.74. The van der Waals surface area contributed by atoms with Crippen LogP contribution in [0.25, 0.3) is 0 Å². The van der Waals surface area contributed by atoms with Crippen molar-refractivity contribution in [1.82, 2.24) is 9.80 Å². The fourth-order valence-corrected chi connectivity index (χ4v) is 2.52. The Hall–Kier alpha value is -0.500.